The normalized spacial score (nSPS) is 14.6. The van der Waals surface area contributed by atoms with E-state index in [9.17, 15) is 24.0 Å². The number of hydrazine groups is 1. The number of amides is 1. The number of hydrogen-bond acceptors (Lipinski definition) is 13. The van der Waals surface area contributed by atoms with Crippen LogP contribution >= 0.6 is 0 Å². The molecule has 0 saturated carbocycles. The molecule has 1 unspecified atom stereocenters. The lowest BCUT2D eigenvalue weighted by atomic mass is 9.96. The Morgan fingerprint density at radius 3 is 1.12 bits per heavy atom. The van der Waals surface area contributed by atoms with Gasteiger partial charge in [-0.05, 0) is 54.8 Å². The number of hydrogen-bond donors (Lipinski definition) is 1. The molecule has 0 bridgehead atoms. The second kappa shape index (κ2) is 52.5. The van der Waals surface area contributed by atoms with Gasteiger partial charge in [0.25, 0.3) is 5.91 Å². The average molecular weight is 1240 g/mol. The minimum Gasteiger partial charge on any atom is -0.461 e. The predicted octanol–water partition coefficient (Wildman–Crippen LogP) is 16.3. The van der Waals surface area contributed by atoms with Gasteiger partial charge in [-0.15, -0.1) is 0 Å². The number of esters is 4. The van der Waals surface area contributed by atoms with Crippen molar-refractivity contribution < 1.29 is 42.9 Å². The smallest absolute Gasteiger partial charge is 0.322 e. The molecule has 0 aliphatic carbocycles. The molecule has 0 aromatic heterocycles. The molecule has 1 aliphatic rings. The second-order valence-electron chi connectivity index (χ2n) is 25.3. The molecule has 3 aromatic rings. The van der Waals surface area contributed by atoms with Crippen molar-refractivity contribution in [1.29, 1.82) is 0 Å². The summed E-state index contributed by atoms with van der Waals surface area (Å²) in [7, 11) is 0. The van der Waals surface area contributed by atoms with E-state index in [1.54, 1.807) is 5.01 Å². The van der Waals surface area contributed by atoms with Crippen LogP contribution in [0.25, 0.3) is 0 Å². The maximum atomic E-state index is 14.0. The summed E-state index contributed by atoms with van der Waals surface area (Å²) in [5.41, 5.74) is 6.05. The van der Waals surface area contributed by atoms with Crippen LogP contribution in [0.4, 0.5) is 0 Å². The van der Waals surface area contributed by atoms with Gasteiger partial charge in [0.05, 0.1) is 19.8 Å². The van der Waals surface area contributed by atoms with Crippen molar-refractivity contribution in [3.05, 3.63) is 108 Å². The number of nitrogens with zero attached hydrogens (tertiary/aromatic N) is 4. The Kier molecular flexibility index (Phi) is 45.0. The molecule has 1 fully saturated rings. The highest BCUT2D eigenvalue weighted by atomic mass is 16.5. The van der Waals surface area contributed by atoms with Crippen LogP contribution < -0.4 is 5.43 Å². The van der Waals surface area contributed by atoms with Gasteiger partial charge in [0.1, 0.15) is 26.4 Å². The molecule has 1 saturated heterocycles. The number of unbranched alkanes of at least 4 members (excludes halogenated alkanes) is 30. The summed E-state index contributed by atoms with van der Waals surface area (Å²) in [4.78, 5) is 74.2. The summed E-state index contributed by atoms with van der Waals surface area (Å²) in [6, 6.07) is 28.7. The molecule has 1 heterocycles. The first-order valence-electron chi connectivity index (χ1n) is 35.7. The standard InChI is InChI=1S/C75H121N5O9/c1-3-5-7-9-11-13-15-17-19-21-23-25-27-29-31-42-52-79(53-43-32-30-28-26-24-22-20-18-16-14-12-10-8-6-4-2)71(81)65-89-75(85)61-80-57-56-77(59-73(83)87-63-69-46-38-34-39-47-69)54-50-67(58-72(82)86-62-68-44-36-33-37-45-68)51-55-78(66-76-80)60-74(84)88-64-70-48-40-35-41-49-70/h33-41,44-49,67,76H,3-32,42-43,50-66H2,1-2H3. The molecule has 4 rings (SSSR count). The van der Waals surface area contributed by atoms with Crippen LogP contribution in [0.1, 0.15) is 255 Å². The molecular weight excluding hydrogens is 1110 g/mol. The predicted molar refractivity (Wildman–Crippen MR) is 360 cm³/mol. The number of carbonyl (C=O) groups is 5. The number of benzene rings is 3. The molecule has 14 nitrogen and oxygen atoms in total. The van der Waals surface area contributed by atoms with Gasteiger partial charge in [0, 0.05) is 39.1 Å². The van der Waals surface area contributed by atoms with Crippen molar-refractivity contribution in [2.24, 2.45) is 5.92 Å². The molecular formula is C75H121N5O9. The average Bonchev–Trinajstić information content (AvgIpc) is 3.72. The first-order chi connectivity index (χ1) is 43.7. The van der Waals surface area contributed by atoms with E-state index in [4.69, 9.17) is 18.9 Å². The minimum absolute atomic E-state index is 0.00118. The zero-order chi connectivity index (χ0) is 63.3. The molecule has 3 aromatic carbocycles. The van der Waals surface area contributed by atoms with E-state index >= 15 is 0 Å². The SMILES string of the molecule is CCCCCCCCCCCCCCCCCCN(CCCCCCCCCCCCCCCCCC)C(=O)COC(=O)CN1CCN(CC(=O)OCc2ccccc2)CCC(CC(=O)OCc2ccccc2)CCN(CC(=O)OCc2ccccc2)CN1. The minimum atomic E-state index is -0.556. The number of ether oxygens (including phenoxy) is 4. The molecule has 89 heavy (non-hydrogen) atoms. The Labute approximate surface area is 539 Å². The van der Waals surface area contributed by atoms with E-state index in [2.05, 4.69) is 19.3 Å². The van der Waals surface area contributed by atoms with Gasteiger partial charge < -0.3 is 23.8 Å². The number of carbonyl (C=O) groups excluding carboxylic acids is 5. The largest absolute Gasteiger partial charge is 0.461 e. The Morgan fingerprint density at radius 2 is 0.730 bits per heavy atom. The van der Waals surface area contributed by atoms with Crippen LogP contribution in [-0.4, -0.2) is 122 Å². The van der Waals surface area contributed by atoms with E-state index < -0.39 is 11.9 Å². The monoisotopic (exact) mass is 1240 g/mol. The van der Waals surface area contributed by atoms with Crippen LogP contribution in [0.5, 0.6) is 0 Å². The second-order valence-corrected chi connectivity index (χ2v) is 25.3. The van der Waals surface area contributed by atoms with Gasteiger partial charge in [-0.3, -0.25) is 33.8 Å². The summed E-state index contributed by atoms with van der Waals surface area (Å²) in [6.07, 6.45) is 42.6. The molecule has 1 amide bonds. The topological polar surface area (TPSA) is 147 Å². The van der Waals surface area contributed by atoms with Crippen LogP contribution in [0.3, 0.4) is 0 Å². The molecule has 14 heteroatoms. The number of nitrogens with one attached hydrogen (secondary N) is 1. The molecule has 0 spiro atoms. The van der Waals surface area contributed by atoms with Crippen LogP contribution in [0, 0.1) is 5.92 Å². The zero-order valence-corrected chi connectivity index (χ0v) is 55.8. The highest BCUT2D eigenvalue weighted by Gasteiger charge is 2.25. The fourth-order valence-corrected chi connectivity index (χ4v) is 11.7. The lowest BCUT2D eigenvalue weighted by molar-refractivity contribution is -0.154. The molecule has 0 radical (unpaired) electrons. The fourth-order valence-electron chi connectivity index (χ4n) is 11.7. The van der Waals surface area contributed by atoms with E-state index in [1.165, 1.54) is 180 Å². The van der Waals surface area contributed by atoms with Gasteiger partial charge in [0.2, 0.25) is 0 Å². The first kappa shape index (κ1) is 76.3. The molecule has 500 valence electrons. The molecule has 1 N–H and O–H groups in total. The Morgan fingerprint density at radius 1 is 0.393 bits per heavy atom. The van der Waals surface area contributed by atoms with Gasteiger partial charge in [-0.25, -0.2) is 10.4 Å². The fraction of sp³-hybridized carbons (Fsp3) is 0.693. The van der Waals surface area contributed by atoms with Gasteiger partial charge in [0.15, 0.2) is 6.61 Å². The van der Waals surface area contributed by atoms with Gasteiger partial charge in [-0.2, -0.15) is 0 Å². The van der Waals surface area contributed by atoms with Crippen molar-refractivity contribution in [2.45, 2.75) is 258 Å². The summed E-state index contributed by atoms with van der Waals surface area (Å²) in [5.74, 6) is -1.98. The Hall–Kier alpha value is -5.15. The van der Waals surface area contributed by atoms with Crippen LogP contribution in [-0.2, 0) is 62.7 Å². The maximum Gasteiger partial charge on any atom is 0.322 e. The van der Waals surface area contributed by atoms with Crippen molar-refractivity contribution in [2.75, 3.05) is 72.2 Å². The summed E-state index contributed by atoms with van der Waals surface area (Å²) in [6.45, 7) is 7.45. The maximum absolute atomic E-state index is 14.0. The lowest BCUT2D eigenvalue weighted by Crippen LogP contribution is -2.52. The molecule has 1 aliphatic heterocycles. The van der Waals surface area contributed by atoms with Crippen molar-refractivity contribution in [1.82, 2.24) is 25.1 Å². The quantitative estimate of drug-likeness (QED) is 0.0325. The van der Waals surface area contributed by atoms with Crippen molar-refractivity contribution in [3.63, 3.8) is 0 Å². The summed E-state index contributed by atoms with van der Waals surface area (Å²) in [5, 5.41) is 1.74. The lowest BCUT2D eigenvalue weighted by Gasteiger charge is -2.32. The first-order valence-corrected chi connectivity index (χ1v) is 35.7. The van der Waals surface area contributed by atoms with Gasteiger partial charge in [-0.1, -0.05) is 297 Å². The van der Waals surface area contributed by atoms with Gasteiger partial charge >= 0.3 is 23.9 Å². The van der Waals surface area contributed by atoms with Crippen molar-refractivity contribution in [3.8, 4) is 0 Å². The number of rotatable bonds is 50. The molecule has 1 atom stereocenters. The van der Waals surface area contributed by atoms with Crippen molar-refractivity contribution >= 4 is 29.8 Å². The zero-order valence-electron chi connectivity index (χ0n) is 55.8. The highest BCUT2D eigenvalue weighted by molar-refractivity contribution is 5.81. The van der Waals surface area contributed by atoms with E-state index in [0.29, 0.717) is 45.6 Å². The Bertz CT molecular complexity index is 2110. The Balaban J connectivity index is 1.34. The third kappa shape index (κ3) is 41.1. The third-order valence-corrected chi connectivity index (χ3v) is 17.4. The van der Waals surface area contributed by atoms with E-state index in [0.717, 1.165) is 42.4 Å². The third-order valence-electron chi connectivity index (χ3n) is 17.4. The highest BCUT2D eigenvalue weighted by Crippen LogP contribution is 2.20. The van der Waals surface area contributed by atoms with Crippen LogP contribution in [0.15, 0.2) is 91.0 Å². The summed E-state index contributed by atoms with van der Waals surface area (Å²) < 4.78 is 23.0. The van der Waals surface area contributed by atoms with E-state index in [-0.39, 0.29) is 89.5 Å². The summed E-state index contributed by atoms with van der Waals surface area (Å²) >= 11 is 0. The van der Waals surface area contributed by atoms with Crippen LogP contribution in [0.2, 0.25) is 0 Å². The van der Waals surface area contributed by atoms with E-state index in [1.807, 2.05) is 106 Å².